The fourth-order valence-corrected chi connectivity index (χ4v) is 1.54. The highest BCUT2D eigenvalue weighted by atomic mass is 35.5. The van der Waals surface area contributed by atoms with Gasteiger partial charge in [0.25, 0.3) is 5.91 Å². The molecule has 0 saturated heterocycles. The monoisotopic (exact) mass is 265 g/mol. The molecule has 0 radical (unpaired) electrons. The number of anilines is 2. The van der Waals surface area contributed by atoms with Gasteiger partial charge in [0, 0.05) is 5.69 Å². The zero-order valence-electron chi connectivity index (χ0n) is 9.15. The molecule has 0 unspecified atom stereocenters. The van der Waals surface area contributed by atoms with Crippen LogP contribution in [0.15, 0.2) is 36.4 Å². The van der Waals surface area contributed by atoms with Gasteiger partial charge >= 0.3 is 0 Å². The third-order valence-corrected chi connectivity index (χ3v) is 2.40. The van der Waals surface area contributed by atoms with Crippen molar-refractivity contribution in [2.75, 3.05) is 11.1 Å². The van der Waals surface area contributed by atoms with Gasteiger partial charge in [-0.2, -0.15) is 0 Å². The summed E-state index contributed by atoms with van der Waals surface area (Å²) in [7, 11) is 0. The first-order valence-corrected chi connectivity index (χ1v) is 5.43. The van der Waals surface area contributed by atoms with E-state index in [-0.39, 0.29) is 22.2 Å². The maximum absolute atomic E-state index is 13.5. The van der Waals surface area contributed by atoms with Crippen LogP contribution in [-0.4, -0.2) is 10.9 Å². The summed E-state index contributed by atoms with van der Waals surface area (Å²) >= 11 is 5.67. The Bertz CT molecular complexity index is 604. The Hall–Kier alpha value is -2.14. The van der Waals surface area contributed by atoms with Crippen molar-refractivity contribution in [2.45, 2.75) is 0 Å². The number of nitrogens with zero attached hydrogens (tertiary/aromatic N) is 1. The van der Waals surface area contributed by atoms with Gasteiger partial charge in [-0.15, -0.1) is 0 Å². The first kappa shape index (κ1) is 12.3. The molecule has 0 spiro atoms. The second-order valence-electron chi connectivity index (χ2n) is 3.54. The van der Waals surface area contributed by atoms with Gasteiger partial charge in [-0.05, 0) is 30.3 Å². The number of nitrogens with two attached hydrogens (primary N) is 1. The fourth-order valence-electron chi connectivity index (χ4n) is 1.38. The number of nitrogens with one attached hydrogen (secondary N) is 1. The maximum Gasteiger partial charge on any atom is 0.259 e. The quantitative estimate of drug-likeness (QED) is 0.648. The van der Waals surface area contributed by atoms with Crippen molar-refractivity contribution in [2.24, 2.45) is 0 Å². The number of carbonyl (C=O) groups excluding carboxylic acids is 1. The molecule has 0 aliphatic heterocycles. The molecule has 0 fully saturated rings. The molecule has 6 heteroatoms. The summed E-state index contributed by atoms with van der Waals surface area (Å²) < 4.78 is 13.5. The predicted molar refractivity (Wildman–Crippen MR) is 68.0 cm³/mol. The van der Waals surface area contributed by atoms with Crippen LogP contribution < -0.4 is 11.1 Å². The lowest BCUT2D eigenvalue weighted by Crippen LogP contribution is -2.14. The molecule has 1 amide bonds. The molecule has 1 aromatic heterocycles. The zero-order valence-corrected chi connectivity index (χ0v) is 9.91. The molecule has 0 aliphatic rings. The van der Waals surface area contributed by atoms with Crippen molar-refractivity contribution in [3.63, 3.8) is 0 Å². The van der Waals surface area contributed by atoms with Crippen LogP contribution in [0.3, 0.4) is 0 Å². The summed E-state index contributed by atoms with van der Waals surface area (Å²) in [5.74, 6) is -1.04. The molecule has 1 aromatic carbocycles. The molecule has 1 heterocycles. The number of hydrogen-bond donors (Lipinski definition) is 2. The predicted octanol–water partition coefficient (Wildman–Crippen LogP) is 2.71. The molecule has 0 saturated carbocycles. The molecule has 3 N–H and O–H groups in total. The molecule has 4 nitrogen and oxygen atoms in total. The molecule has 18 heavy (non-hydrogen) atoms. The van der Waals surface area contributed by atoms with E-state index in [4.69, 9.17) is 17.3 Å². The highest BCUT2D eigenvalue weighted by molar-refractivity contribution is 6.29. The van der Waals surface area contributed by atoms with Crippen molar-refractivity contribution in [3.05, 3.63) is 52.9 Å². The molecule has 0 atom stereocenters. The normalized spacial score (nSPS) is 10.1. The van der Waals surface area contributed by atoms with E-state index in [0.717, 1.165) is 6.07 Å². The van der Waals surface area contributed by atoms with Gasteiger partial charge in [-0.25, -0.2) is 9.37 Å². The Morgan fingerprint density at radius 3 is 2.78 bits per heavy atom. The Kier molecular flexibility index (Phi) is 3.43. The van der Waals surface area contributed by atoms with E-state index in [1.54, 1.807) is 18.2 Å². The molecule has 0 aliphatic carbocycles. The number of aromatic nitrogens is 1. The minimum atomic E-state index is -0.686. The fraction of sp³-hybridized carbons (Fsp3) is 0. The third-order valence-electron chi connectivity index (χ3n) is 2.19. The van der Waals surface area contributed by atoms with Gasteiger partial charge < -0.3 is 11.1 Å². The van der Waals surface area contributed by atoms with E-state index in [2.05, 4.69) is 10.3 Å². The van der Waals surface area contributed by atoms with E-state index in [9.17, 15) is 9.18 Å². The highest BCUT2D eigenvalue weighted by Gasteiger charge is 2.12. The van der Waals surface area contributed by atoms with Crippen molar-refractivity contribution < 1.29 is 9.18 Å². The van der Waals surface area contributed by atoms with Crippen molar-refractivity contribution in [1.29, 1.82) is 0 Å². The molecular formula is C12H9ClFN3O. The van der Waals surface area contributed by atoms with Crippen LogP contribution in [0.25, 0.3) is 0 Å². The number of benzene rings is 1. The van der Waals surface area contributed by atoms with Crippen LogP contribution >= 0.6 is 11.6 Å². The van der Waals surface area contributed by atoms with Gasteiger partial charge in [-0.1, -0.05) is 17.7 Å². The summed E-state index contributed by atoms with van der Waals surface area (Å²) in [5.41, 5.74) is 5.55. The third kappa shape index (κ3) is 2.75. The minimum absolute atomic E-state index is 0.106. The summed E-state index contributed by atoms with van der Waals surface area (Å²) in [4.78, 5) is 15.7. The van der Waals surface area contributed by atoms with E-state index in [1.807, 2.05) is 0 Å². The summed E-state index contributed by atoms with van der Waals surface area (Å²) in [6.45, 7) is 0. The number of pyridine rings is 1. The van der Waals surface area contributed by atoms with Crippen LogP contribution in [0.2, 0.25) is 5.15 Å². The van der Waals surface area contributed by atoms with E-state index >= 15 is 0 Å². The molecule has 2 aromatic rings. The second-order valence-corrected chi connectivity index (χ2v) is 3.93. The number of rotatable bonds is 2. The number of hydrogen-bond acceptors (Lipinski definition) is 3. The number of carbonyl (C=O) groups is 1. The SMILES string of the molecule is Nc1ccc(C(=O)Nc2cccc(Cl)n2)c(F)c1. The van der Waals surface area contributed by atoms with Gasteiger partial charge in [0.05, 0.1) is 5.56 Å². The zero-order chi connectivity index (χ0) is 13.1. The second kappa shape index (κ2) is 5.01. The molecule has 92 valence electrons. The molecule has 2 rings (SSSR count). The lowest BCUT2D eigenvalue weighted by Gasteiger charge is -2.06. The van der Waals surface area contributed by atoms with Crippen LogP contribution in [-0.2, 0) is 0 Å². The Morgan fingerprint density at radius 1 is 1.33 bits per heavy atom. The van der Waals surface area contributed by atoms with Crippen LogP contribution in [0.5, 0.6) is 0 Å². The van der Waals surface area contributed by atoms with Crippen LogP contribution in [0, 0.1) is 5.82 Å². The summed E-state index contributed by atoms with van der Waals surface area (Å²) in [6, 6.07) is 8.60. The summed E-state index contributed by atoms with van der Waals surface area (Å²) in [5, 5.41) is 2.69. The van der Waals surface area contributed by atoms with Crippen molar-refractivity contribution in [1.82, 2.24) is 4.98 Å². The Balaban J connectivity index is 2.22. The van der Waals surface area contributed by atoms with E-state index < -0.39 is 11.7 Å². The van der Waals surface area contributed by atoms with Crippen LogP contribution in [0.4, 0.5) is 15.9 Å². The van der Waals surface area contributed by atoms with Crippen LogP contribution in [0.1, 0.15) is 10.4 Å². The minimum Gasteiger partial charge on any atom is -0.399 e. The maximum atomic E-state index is 13.5. The standard InChI is InChI=1S/C12H9ClFN3O/c13-10-2-1-3-11(16-10)17-12(18)8-5-4-7(15)6-9(8)14/h1-6H,15H2,(H,16,17,18). The average Bonchev–Trinajstić information content (AvgIpc) is 2.28. The van der Waals surface area contributed by atoms with Gasteiger partial charge in [0.1, 0.15) is 16.8 Å². The lowest BCUT2D eigenvalue weighted by atomic mass is 10.2. The highest BCUT2D eigenvalue weighted by Crippen LogP contribution is 2.15. The first-order valence-electron chi connectivity index (χ1n) is 5.05. The number of halogens is 2. The molecule has 0 bridgehead atoms. The number of nitrogen functional groups attached to an aromatic ring is 1. The van der Waals surface area contributed by atoms with Gasteiger partial charge in [0.2, 0.25) is 0 Å². The van der Waals surface area contributed by atoms with Gasteiger partial charge in [-0.3, -0.25) is 4.79 Å². The Morgan fingerprint density at radius 2 is 2.11 bits per heavy atom. The Labute approximate surface area is 108 Å². The topological polar surface area (TPSA) is 68.0 Å². The first-order chi connectivity index (χ1) is 8.56. The van der Waals surface area contributed by atoms with Crippen molar-refractivity contribution in [3.8, 4) is 0 Å². The molecular weight excluding hydrogens is 257 g/mol. The smallest absolute Gasteiger partial charge is 0.259 e. The van der Waals surface area contributed by atoms with E-state index in [0.29, 0.717) is 0 Å². The largest absolute Gasteiger partial charge is 0.399 e. The van der Waals surface area contributed by atoms with E-state index in [1.165, 1.54) is 12.1 Å². The average molecular weight is 266 g/mol. The summed E-state index contributed by atoms with van der Waals surface area (Å²) in [6.07, 6.45) is 0. The van der Waals surface area contributed by atoms with Gasteiger partial charge in [0.15, 0.2) is 0 Å². The lowest BCUT2D eigenvalue weighted by molar-refractivity contribution is 0.102. The number of amides is 1. The van der Waals surface area contributed by atoms with Crippen molar-refractivity contribution >= 4 is 29.0 Å².